The third kappa shape index (κ3) is 2.48. The van der Waals surface area contributed by atoms with Gasteiger partial charge in [-0.1, -0.05) is 24.3 Å². The molecule has 0 aliphatic carbocycles. The van der Waals surface area contributed by atoms with Gasteiger partial charge >= 0.3 is 6.03 Å². The molecule has 128 valence electrons. The van der Waals surface area contributed by atoms with Crippen LogP contribution in [0, 0.1) is 11.3 Å². The Kier molecular flexibility index (Phi) is 3.86. The van der Waals surface area contributed by atoms with Crippen LogP contribution in [0.5, 0.6) is 5.88 Å². The smallest absolute Gasteiger partial charge is 0.330 e. The number of aromatic nitrogens is 2. The van der Waals surface area contributed by atoms with Gasteiger partial charge in [0.2, 0.25) is 5.88 Å². The quantitative estimate of drug-likeness (QED) is 0.729. The molecule has 2 amide bonds. The Morgan fingerprint density at radius 1 is 1.19 bits per heavy atom. The highest BCUT2D eigenvalue weighted by atomic mass is 16.5. The summed E-state index contributed by atoms with van der Waals surface area (Å²) in [5, 5.41) is 11.4. The van der Waals surface area contributed by atoms with Crippen LogP contribution in [0.4, 0.5) is 16.2 Å². The Morgan fingerprint density at radius 3 is 2.77 bits per heavy atom. The number of anilines is 2. The van der Waals surface area contributed by atoms with Crippen LogP contribution in [0.15, 0.2) is 55.0 Å². The molecule has 1 aromatic carbocycles. The Labute approximate surface area is 150 Å². The summed E-state index contributed by atoms with van der Waals surface area (Å²) in [6.45, 7) is 0.257. The van der Waals surface area contributed by atoms with E-state index in [9.17, 15) is 10.1 Å². The van der Waals surface area contributed by atoms with E-state index in [-0.39, 0.29) is 12.6 Å². The minimum absolute atomic E-state index is 0.257. The molecule has 1 atom stereocenters. The Morgan fingerprint density at radius 2 is 2.04 bits per heavy atom. The standard InChI is InChI=1S/C19H15N5O2/c1-26-18-7-6-14(10-22-18)23-12-15(8-20)24(19(23)25)17-11-21-9-13-4-2-3-5-16(13)17/h2-7,9-11,15H,12H2,1H3/t15-/m1/s1. The lowest BCUT2D eigenvalue weighted by Gasteiger charge is -2.21. The van der Waals surface area contributed by atoms with E-state index in [1.165, 1.54) is 12.0 Å². The number of carbonyl (C=O) groups is 1. The fourth-order valence-corrected chi connectivity index (χ4v) is 3.13. The lowest BCUT2D eigenvalue weighted by Crippen LogP contribution is -2.34. The van der Waals surface area contributed by atoms with Crippen molar-refractivity contribution in [3.05, 3.63) is 55.0 Å². The Bertz CT molecular complexity index is 1010. The van der Waals surface area contributed by atoms with E-state index in [1.807, 2.05) is 24.3 Å². The van der Waals surface area contributed by atoms with E-state index < -0.39 is 6.04 Å². The van der Waals surface area contributed by atoms with E-state index in [0.717, 1.165) is 10.8 Å². The third-order valence-corrected chi connectivity index (χ3v) is 4.40. The van der Waals surface area contributed by atoms with E-state index >= 15 is 0 Å². The fraction of sp³-hybridized carbons (Fsp3) is 0.158. The van der Waals surface area contributed by atoms with Crippen LogP contribution in [0.2, 0.25) is 0 Å². The molecule has 3 heterocycles. The third-order valence-electron chi connectivity index (χ3n) is 4.40. The van der Waals surface area contributed by atoms with Crippen LogP contribution in [0.1, 0.15) is 0 Å². The zero-order valence-corrected chi connectivity index (χ0v) is 14.0. The van der Waals surface area contributed by atoms with Gasteiger partial charge in [0.25, 0.3) is 0 Å². The fourth-order valence-electron chi connectivity index (χ4n) is 3.13. The van der Waals surface area contributed by atoms with Gasteiger partial charge in [-0.3, -0.25) is 14.8 Å². The first-order valence-electron chi connectivity index (χ1n) is 8.06. The minimum Gasteiger partial charge on any atom is -0.481 e. The summed E-state index contributed by atoms with van der Waals surface area (Å²) in [6, 6.07) is 12.4. The Balaban J connectivity index is 1.76. The molecule has 3 aromatic rings. The molecule has 7 nitrogen and oxygen atoms in total. The molecular weight excluding hydrogens is 330 g/mol. The summed E-state index contributed by atoms with van der Waals surface area (Å²) in [4.78, 5) is 24.5. The Hall–Kier alpha value is -3.66. The van der Waals surface area contributed by atoms with Crippen LogP contribution < -0.4 is 14.5 Å². The summed E-state index contributed by atoms with van der Waals surface area (Å²) in [5.74, 6) is 0.465. The lowest BCUT2D eigenvalue weighted by atomic mass is 10.1. The highest BCUT2D eigenvalue weighted by Crippen LogP contribution is 2.33. The number of rotatable bonds is 3. The first-order valence-corrected chi connectivity index (χ1v) is 8.06. The number of carbonyl (C=O) groups excluding carboxylic acids is 1. The molecular formula is C19H15N5O2. The van der Waals surface area contributed by atoms with Crippen molar-refractivity contribution >= 4 is 28.2 Å². The van der Waals surface area contributed by atoms with E-state index in [0.29, 0.717) is 17.3 Å². The normalized spacial score (nSPS) is 16.8. The molecule has 0 N–H and O–H groups in total. The van der Waals surface area contributed by atoms with Crippen molar-refractivity contribution in [1.29, 1.82) is 5.26 Å². The molecule has 1 saturated heterocycles. The topological polar surface area (TPSA) is 82.4 Å². The zero-order valence-electron chi connectivity index (χ0n) is 14.0. The van der Waals surface area contributed by atoms with E-state index in [2.05, 4.69) is 16.0 Å². The largest absolute Gasteiger partial charge is 0.481 e. The first-order chi connectivity index (χ1) is 12.7. The van der Waals surface area contributed by atoms with Crippen molar-refractivity contribution in [1.82, 2.24) is 9.97 Å². The summed E-state index contributed by atoms with van der Waals surface area (Å²) < 4.78 is 5.05. The summed E-state index contributed by atoms with van der Waals surface area (Å²) in [5.41, 5.74) is 1.25. The maximum atomic E-state index is 13.1. The minimum atomic E-state index is -0.614. The molecule has 0 radical (unpaired) electrons. The molecule has 26 heavy (non-hydrogen) atoms. The average Bonchev–Trinajstić information content (AvgIpc) is 3.04. The number of urea groups is 1. The van der Waals surface area contributed by atoms with Crippen molar-refractivity contribution in [3.8, 4) is 11.9 Å². The number of benzene rings is 1. The number of fused-ring (bicyclic) bond motifs is 1. The van der Waals surface area contributed by atoms with Gasteiger partial charge in [-0.15, -0.1) is 0 Å². The molecule has 1 aliphatic rings. The number of hydrogen-bond acceptors (Lipinski definition) is 5. The predicted octanol–water partition coefficient (Wildman–Crippen LogP) is 2.98. The van der Waals surface area contributed by atoms with Crippen LogP contribution in [0.25, 0.3) is 10.8 Å². The average molecular weight is 345 g/mol. The van der Waals surface area contributed by atoms with Crippen LogP contribution in [-0.4, -0.2) is 35.7 Å². The van der Waals surface area contributed by atoms with Crippen LogP contribution >= 0.6 is 0 Å². The second kappa shape index (κ2) is 6.33. The van der Waals surface area contributed by atoms with Crippen molar-refractivity contribution in [3.63, 3.8) is 0 Å². The van der Waals surface area contributed by atoms with Gasteiger partial charge in [-0.2, -0.15) is 5.26 Å². The molecule has 1 fully saturated rings. The molecule has 7 heteroatoms. The van der Waals surface area contributed by atoms with Gasteiger partial charge < -0.3 is 4.74 Å². The van der Waals surface area contributed by atoms with Gasteiger partial charge in [0.15, 0.2) is 0 Å². The van der Waals surface area contributed by atoms with Crippen molar-refractivity contribution in [2.45, 2.75) is 6.04 Å². The number of pyridine rings is 2. The van der Waals surface area contributed by atoms with Crippen molar-refractivity contribution < 1.29 is 9.53 Å². The van der Waals surface area contributed by atoms with Gasteiger partial charge in [0.1, 0.15) is 6.04 Å². The lowest BCUT2D eigenvalue weighted by molar-refractivity contribution is 0.255. The van der Waals surface area contributed by atoms with Crippen LogP contribution in [-0.2, 0) is 0 Å². The second-order valence-corrected chi connectivity index (χ2v) is 5.85. The molecule has 0 unspecified atom stereocenters. The van der Waals surface area contributed by atoms with Crippen molar-refractivity contribution in [2.75, 3.05) is 23.5 Å². The predicted molar refractivity (Wildman–Crippen MR) is 97.2 cm³/mol. The SMILES string of the molecule is COc1ccc(N2C[C@@H](C#N)N(c3cncc4ccccc34)C2=O)cn1. The highest BCUT2D eigenvalue weighted by molar-refractivity contribution is 6.11. The number of methoxy groups -OCH3 is 1. The zero-order chi connectivity index (χ0) is 18.1. The van der Waals surface area contributed by atoms with Gasteiger partial charge in [-0.25, -0.2) is 9.78 Å². The van der Waals surface area contributed by atoms with Gasteiger partial charge in [0.05, 0.1) is 43.5 Å². The molecule has 0 saturated carbocycles. The maximum Gasteiger partial charge on any atom is 0.330 e. The molecule has 0 spiro atoms. The molecule has 4 rings (SSSR count). The summed E-state index contributed by atoms with van der Waals surface area (Å²) in [7, 11) is 1.53. The van der Waals surface area contributed by atoms with Crippen molar-refractivity contribution in [2.24, 2.45) is 0 Å². The number of nitrogens with zero attached hydrogens (tertiary/aromatic N) is 5. The summed E-state index contributed by atoms with van der Waals surface area (Å²) >= 11 is 0. The van der Waals surface area contributed by atoms with E-state index in [4.69, 9.17) is 4.74 Å². The van der Waals surface area contributed by atoms with Gasteiger partial charge in [0, 0.05) is 23.0 Å². The number of nitriles is 1. The van der Waals surface area contributed by atoms with Crippen LogP contribution in [0.3, 0.4) is 0 Å². The monoisotopic (exact) mass is 345 g/mol. The number of amides is 2. The maximum absolute atomic E-state index is 13.1. The molecule has 1 aliphatic heterocycles. The van der Waals surface area contributed by atoms with E-state index in [1.54, 1.807) is 35.6 Å². The molecule has 0 bridgehead atoms. The highest BCUT2D eigenvalue weighted by Gasteiger charge is 2.40. The molecule has 2 aromatic heterocycles. The summed E-state index contributed by atoms with van der Waals surface area (Å²) in [6.07, 6.45) is 4.93. The first kappa shape index (κ1) is 15.8. The second-order valence-electron chi connectivity index (χ2n) is 5.85. The number of hydrogen-bond donors (Lipinski definition) is 0. The number of ether oxygens (including phenoxy) is 1. The van der Waals surface area contributed by atoms with Gasteiger partial charge in [-0.05, 0) is 6.07 Å².